The average molecular weight is 249 g/mol. The lowest BCUT2D eigenvalue weighted by Gasteiger charge is -2.19. The van der Waals surface area contributed by atoms with Crippen LogP contribution in [0.25, 0.3) is 0 Å². The Balaban J connectivity index is 1.87. The van der Waals surface area contributed by atoms with E-state index in [9.17, 15) is 0 Å². The van der Waals surface area contributed by atoms with Gasteiger partial charge in [0.1, 0.15) is 12.4 Å². The van der Waals surface area contributed by atoms with Gasteiger partial charge in [0.25, 0.3) is 0 Å². The number of anilines is 1. The third kappa shape index (κ3) is 3.91. The molecule has 3 nitrogen and oxygen atoms in total. The van der Waals surface area contributed by atoms with Crippen LogP contribution in [0.15, 0.2) is 24.3 Å². The van der Waals surface area contributed by atoms with E-state index >= 15 is 0 Å². The van der Waals surface area contributed by atoms with Gasteiger partial charge in [-0.05, 0) is 49.4 Å². The van der Waals surface area contributed by atoms with Crippen LogP contribution in [0.4, 0.5) is 5.69 Å². The first-order valence-electron chi connectivity index (χ1n) is 6.93. The fraction of sp³-hybridized carbons (Fsp3) is 0.600. The van der Waals surface area contributed by atoms with Crippen LogP contribution in [-0.4, -0.2) is 24.4 Å². The van der Waals surface area contributed by atoms with Crippen molar-refractivity contribution in [1.82, 2.24) is 0 Å². The van der Waals surface area contributed by atoms with E-state index in [-0.39, 0.29) is 6.61 Å². The Labute approximate surface area is 109 Å². The van der Waals surface area contributed by atoms with Gasteiger partial charge >= 0.3 is 0 Å². The van der Waals surface area contributed by atoms with E-state index in [0.717, 1.165) is 17.4 Å². The third-order valence-corrected chi connectivity index (χ3v) is 3.36. The van der Waals surface area contributed by atoms with Gasteiger partial charge in [-0.2, -0.15) is 0 Å². The molecule has 100 valence electrons. The van der Waals surface area contributed by atoms with E-state index in [0.29, 0.717) is 12.6 Å². The smallest absolute Gasteiger partial charge is 0.119 e. The summed E-state index contributed by atoms with van der Waals surface area (Å²) in [5.41, 5.74) is 1.16. The van der Waals surface area contributed by atoms with Gasteiger partial charge in [0.2, 0.25) is 0 Å². The number of ether oxygens (including phenoxy) is 1. The van der Waals surface area contributed by atoms with Gasteiger partial charge in [-0.25, -0.2) is 0 Å². The van der Waals surface area contributed by atoms with Crippen molar-refractivity contribution in [2.24, 2.45) is 5.92 Å². The number of hydrogen-bond acceptors (Lipinski definition) is 3. The summed E-state index contributed by atoms with van der Waals surface area (Å²) < 4.78 is 5.34. The summed E-state index contributed by atoms with van der Waals surface area (Å²) in [6.45, 7) is 2.65. The van der Waals surface area contributed by atoms with E-state index in [1.807, 2.05) is 12.1 Å². The fourth-order valence-electron chi connectivity index (χ4n) is 2.26. The van der Waals surface area contributed by atoms with Crippen molar-refractivity contribution in [2.45, 2.75) is 38.6 Å². The van der Waals surface area contributed by atoms with E-state index in [1.165, 1.54) is 25.7 Å². The van der Waals surface area contributed by atoms with Crippen molar-refractivity contribution in [2.75, 3.05) is 18.5 Å². The second-order valence-corrected chi connectivity index (χ2v) is 4.97. The maximum absolute atomic E-state index is 8.69. The summed E-state index contributed by atoms with van der Waals surface area (Å²) in [6.07, 6.45) is 5.21. The molecule has 0 aromatic heterocycles. The predicted octanol–water partition coefficient (Wildman–Crippen LogP) is 3.05. The minimum Gasteiger partial charge on any atom is -0.491 e. The molecule has 0 aliphatic heterocycles. The van der Waals surface area contributed by atoms with Gasteiger partial charge in [-0.1, -0.05) is 13.3 Å². The molecule has 1 aliphatic carbocycles. The number of rotatable bonds is 8. The molecular weight excluding hydrogens is 226 g/mol. The summed E-state index contributed by atoms with van der Waals surface area (Å²) >= 11 is 0. The van der Waals surface area contributed by atoms with Crippen molar-refractivity contribution < 1.29 is 9.84 Å². The molecule has 1 saturated carbocycles. The maximum Gasteiger partial charge on any atom is 0.119 e. The topological polar surface area (TPSA) is 41.5 Å². The Morgan fingerprint density at radius 2 is 2.06 bits per heavy atom. The van der Waals surface area contributed by atoms with Crippen LogP contribution >= 0.6 is 0 Å². The highest BCUT2D eigenvalue weighted by molar-refractivity contribution is 5.47. The number of hydrogen-bond donors (Lipinski definition) is 2. The first kappa shape index (κ1) is 13.2. The molecular formula is C15H23NO2. The summed E-state index contributed by atoms with van der Waals surface area (Å²) in [7, 11) is 0. The largest absolute Gasteiger partial charge is 0.491 e. The average Bonchev–Trinajstić information content (AvgIpc) is 3.22. The molecule has 0 spiro atoms. The Kier molecular flexibility index (Phi) is 4.88. The molecule has 2 N–H and O–H groups in total. The van der Waals surface area contributed by atoms with E-state index in [2.05, 4.69) is 24.4 Å². The first-order valence-corrected chi connectivity index (χ1v) is 6.93. The van der Waals surface area contributed by atoms with E-state index in [1.54, 1.807) is 0 Å². The third-order valence-electron chi connectivity index (χ3n) is 3.36. The normalized spacial score (nSPS) is 16.3. The number of benzene rings is 1. The maximum atomic E-state index is 8.69. The van der Waals surface area contributed by atoms with Crippen LogP contribution in [0, 0.1) is 5.92 Å². The molecule has 3 heteroatoms. The van der Waals surface area contributed by atoms with Crippen LogP contribution in [0.2, 0.25) is 0 Å². The molecule has 0 heterocycles. The van der Waals surface area contributed by atoms with Crippen LogP contribution in [0.5, 0.6) is 5.75 Å². The predicted molar refractivity (Wildman–Crippen MR) is 74.1 cm³/mol. The van der Waals surface area contributed by atoms with Gasteiger partial charge in [0.05, 0.1) is 6.61 Å². The molecule has 1 unspecified atom stereocenters. The van der Waals surface area contributed by atoms with Crippen molar-refractivity contribution in [3.8, 4) is 5.75 Å². The van der Waals surface area contributed by atoms with Crippen molar-refractivity contribution in [3.05, 3.63) is 24.3 Å². The molecule has 1 aromatic rings. The monoisotopic (exact) mass is 249 g/mol. The number of nitrogens with one attached hydrogen (secondary N) is 1. The SMILES string of the molecule is CCCC(Nc1ccc(OCCO)cc1)C1CC1. The van der Waals surface area contributed by atoms with Gasteiger partial charge < -0.3 is 15.2 Å². The second kappa shape index (κ2) is 6.64. The molecule has 1 aromatic carbocycles. The van der Waals surface area contributed by atoms with E-state index in [4.69, 9.17) is 9.84 Å². The highest BCUT2D eigenvalue weighted by Crippen LogP contribution is 2.36. The minimum atomic E-state index is 0.0558. The minimum absolute atomic E-state index is 0.0558. The second-order valence-electron chi connectivity index (χ2n) is 4.97. The highest BCUT2D eigenvalue weighted by Gasteiger charge is 2.30. The Morgan fingerprint density at radius 1 is 1.33 bits per heavy atom. The number of aliphatic hydroxyl groups is 1. The zero-order valence-electron chi connectivity index (χ0n) is 11.1. The number of aliphatic hydroxyl groups excluding tert-OH is 1. The van der Waals surface area contributed by atoms with Gasteiger partial charge in [-0.15, -0.1) is 0 Å². The zero-order valence-corrected chi connectivity index (χ0v) is 11.1. The Morgan fingerprint density at radius 3 is 2.61 bits per heavy atom. The lowest BCUT2D eigenvalue weighted by Crippen LogP contribution is -2.21. The molecule has 1 fully saturated rings. The molecule has 0 bridgehead atoms. The molecule has 18 heavy (non-hydrogen) atoms. The van der Waals surface area contributed by atoms with Gasteiger partial charge in [-0.3, -0.25) is 0 Å². The molecule has 0 saturated heterocycles. The summed E-state index contributed by atoms with van der Waals surface area (Å²) in [6, 6.07) is 8.64. The van der Waals surface area contributed by atoms with Gasteiger partial charge in [0.15, 0.2) is 0 Å². The molecule has 0 radical (unpaired) electrons. The quantitative estimate of drug-likeness (QED) is 0.744. The lowest BCUT2D eigenvalue weighted by atomic mass is 10.1. The molecule has 2 rings (SSSR count). The van der Waals surface area contributed by atoms with Crippen LogP contribution in [0.1, 0.15) is 32.6 Å². The Hall–Kier alpha value is -1.22. The first-order chi connectivity index (χ1) is 8.83. The van der Waals surface area contributed by atoms with Crippen LogP contribution in [0.3, 0.4) is 0 Å². The summed E-state index contributed by atoms with van der Waals surface area (Å²) in [5.74, 6) is 1.68. The molecule has 1 aliphatic rings. The van der Waals surface area contributed by atoms with Crippen LogP contribution in [-0.2, 0) is 0 Å². The zero-order chi connectivity index (χ0) is 12.8. The standard InChI is InChI=1S/C15H23NO2/c1-2-3-15(12-4-5-12)16-13-6-8-14(9-7-13)18-11-10-17/h6-9,12,15-17H,2-5,10-11H2,1H3. The van der Waals surface area contributed by atoms with Crippen molar-refractivity contribution >= 4 is 5.69 Å². The fourth-order valence-corrected chi connectivity index (χ4v) is 2.26. The summed E-state index contributed by atoms with van der Waals surface area (Å²) in [4.78, 5) is 0. The van der Waals surface area contributed by atoms with Gasteiger partial charge in [0, 0.05) is 11.7 Å². The van der Waals surface area contributed by atoms with Crippen LogP contribution < -0.4 is 10.1 Å². The lowest BCUT2D eigenvalue weighted by molar-refractivity contribution is 0.201. The van der Waals surface area contributed by atoms with Crippen molar-refractivity contribution in [1.29, 1.82) is 0 Å². The Bertz CT molecular complexity index is 346. The van der Waals surface area contributed by atoms with E-state index < -0.39 is 0 Å². The molecule has 1 atom stereocenters. The molecule has 0 amide bonds. The van der Waals surface area contributed by atoms with Crippen molar-refractivity contribution in [3.63, 3.8) is 0 Å². The summed E-state index contributed by atoms with van der Waals surface area (Å²) in [5, 5.41) is 12.3. The highest BCUT2D eigenvalue weighted by atomic mass is 16.5.